The van der Waals surface area contributed by atoms with Crippen molar-refractivity contribution in [1.82, 2.24) is 20.2 Å². The number of hydrogen-bond donors (Lipinski definition) is 0. The first-order valence-corrected chi connectivity index (χ1v) is 5.27. The lowest BCUT2D eigenvalue weighted by atomic mass is 10.3. The molecule has 0 N–H and O–H groups in total. The van der Waals surface area contributed by atoms with Gasteiger partial charge in [-0.2, -0.15) is 0 Å². The van der Waals surface area contributed by atoms with Crippen molar-refractivity contribution in [3.63, 3.8) is 0 Å². The van der Waals surface area contributed by atoms with Crippen LogP contribution in [0.25, 0.3) is 5.69 Å². The highest BCUT2D eigenvalue weighted by Gasteiger charge is 2.03. The second kappa shape index (κ2) is 3.41. The van der Waals surface area contributed by atoms with Gasteiger partial charge in [-0.1, -0.05) is 6.07 Å². The summed E-state index contributed by atoms with van der Waals surface area (Å²) in [5, 5.41) is 10.4. The summed E-state index contributed by atoms with van der Waals surface area (Å²) in [5.74, 6) is 0. The van der Waals surface area contributed by atoms with E-state index in [2.05, 4.69) is 15.5 Å². The molecule has 78 valence electrons. The molecule has 0 unspecified atom stereocenters. The van der Waals surface area contributed by atoms with Crippen LogP contribution in [0.15, 0.2) is 35.5 Å². The molecule has 0 atom stereocenters. The van der Waals surface area contributed by atoms with Crippen LogP contribution < -0.4 is 0 Å². The minimum Gasteiger partial charge on any atom is -0.744 e. The third-order valence-corrected chi connectivity index (χ3v) is 2.55. The van der Waals surface area contributed by atoms with Gasteiger partial charge >= 0.3 is 0 Å². The summed E-state index contributed by atoms with van der Waals surface area (Å²) in [5.41, 5.74) is 0.414. The van der Waals surface area contributed by atoms with Crippen molar-refractivity contribution in [3.05, 3.63) is 30.6 Å². The predicted octanol–water partition coefficient (Wildman–Crippen LogP) is -0.434. The topological polar surface area (TPSA) is 101 Å². The number of aromatic nitrogens is 4. The molecule has 0 saturated carbocycles. The van der Waals surface area contributed by atoms with Gasteiger partial charge in [0.05, 0.1) is 10.6 Å². The van der Waals surface area contributed by atoms with Gasteiger partial charge in [0.25, 0.3) is 0 Å². The third-order valence-electron chi connectivity index (χ3n) is 1.72. The zero-order valence-corrected chi connectivity index (χ0v) is 8.13. The van der Waals surface area contributed by atoms with E-state index in [0.29, 0.717) is 5.69 Å². The smallest absolute Gasteiger partial charge is 0.143 e. The highest BCUT2D eigenvalue weighted by atomic mass is 32.2. The normalized spacial score (nSPS) is 11.5. The van der Waals surface area contributed by atoms with Gasteiger partial charge < -0.3 is 4.55 Å². The molecule has 7 nitrogen and oxygen atoms in total. The molecule has 0 bridgehead atoms. The Balaban J connectivity index is 2.53. The fourth-order valence-corrected chi connectivity index (χ4v) is 1.57. The van der Waals surface area contributed by atoms with E-state index in [1.54, 1.807) is 6.07 Å². The molecule has 2 aromatic rings. The Labute approximate surface area is 85.1 Å². The Hall–Kier alpha value is -1.80. The lowest BCUT2D eigenvalue weighted by Gasteiger charge is -2.07. The molecule has 0 aliphatic rings. The quantitative estimate of drug-likeness (QED) is 0.642. The van der Waals surface area contributed by atoms with Crippen LogP contribution in [-0.4, -0.2) is 33.2 Å². The molecule has 0 fully saturated rings. The van der Waals surface area contributed by atoms with E-state index in [-0.39, 0.29) is 4.90 Å². The zero-order valence-electron chi connectivity index (χ0n) is 7.31. The summed E-state index contributed by atoms with van der Waals surface area (Å²) in [6.07, 6.45) is 1.30. The van der Waals surface area contributed by atoms with Crippen LogP contribution in [0.3, 0.4) is 0 Å². The molecule has 0 aliphatic heterocycles. The average molecular weight is 225 g/mol. The summed E-state index contributed by atoms with van der Waals surface area (Å²) in [7, 11) is -4.45. The Morgan fingerprint density at radius 2 is 2.13 bits per heavy atom. The van der Waals surface area contributed by atoms with E-state index in [1.807, 2.05) is 0 Å². The molecule has 8 heteroatoms. The lowest BCUT2D eigenvalue weighted by molar-refractivity contribution is 0.463. The fourth-order valence-electron chi connectivity index (χ4n) is 1.06. The molecule has 0 saturated heterocycles. The number of benzene rings is 1. The molecule has 2 rings (SSSR count). The van der Waals surface area contributed by atoms with Crippen molar-refractivity contribution < 1.29 is 13.0 Å². The van der Waals surface area contributed by atoms with E-state index in [0.717, 1.165) is 0 Å². The minimum atomic E-state index is -4.45. The molecule has 1 aromatic heterocycles. The van der Waals surface area contributed by atoms with Crippen molar-refractivity contribution in [2.45, 2.75) is 4.90 Å². The monoisotopic (exact) mass is 225 g/mol. The van der Waals surface area contributed by atoms with E-state index in [4.69, 9.17) is 0 Å². The molecule has 0 radical (unpaired) electrons. The van der Waals surface area contributed by atoms with E-state index in [1.165, 1.54) is 29.2 Å². The number of hydrogen-bond acceptors (Lipinski definition) is 6. The first kappa shape index (κ1) is 9.74. The molecule has 1 aromatic carbocycles. The van der Waals surface area contributed by atoms with Crippen molar-refractivity contribution in [3.8, 4) is 5.69 Å². The lowest BCUT2D eigenvalue weighted by Crippen LogP contribution is -2.01. The molecule has 15 heavy (non-hydrogen) atoms. The van der Waals surface area contributed by atoms with Gasteiger partial charge in [0, 0.05) is 0 Å². The van der Waals surface area contributed by atoms with Gasteiger partial charge in [0.1, 0.15) is 16.4 Å². The summed E-state index contributed by atoms with van der Waals surface area (Å²) in [6, 6.07) is 5.46. The predicted molar refractivity (Wildman–Crippen MR) is 47.1 cm³/mol. The summed E-state index contributed by atoms with van der Waals surface area (Å²) >= 11 is 0. The Kier molecular flexibility index (Phi) is 2.21. The molecule has 0 aliphatic carbocycles. The summed E-state index contributed by atoms with van der Waals surface area (Å²) < 4.78 is 33.5. The Morgan fingerprint density at radius 1 is 1.33 bits per heavy atom. The minimum absolute atomic E-state index is 0.310. The SMILES string of the molecule is O=S(=O)([O-])c1cccc(-n2cnnn2)c1. The highest BCUT2D eigenvalue weighted by molar-refractivity contribution is 7.85. The maximum atomic E-state index is 10.7. The molecular weight excluding hydrogens is 220 g/mol. The van der Waals surface area contributed by atoms with Gasteiger partial charge in [-0.25, -0.2) is 13.1 Å². The van der Waals surface area contributed by atoms with Crippen molar-refractivity contribution in [2.24, 2.45) is 0 Å². The van der Waals surface area contributed by atoms with E-state index in [9.17, 15) is 13.0 Å². The van der Waals surface area contributed by atoms with Crippen LogP contribution in [0, 0.1) is 0 Å². The number of tetrazole rings is 1. The van der Waals surface area contributed by atoms with Gasteiger partial charge in [-0.05, 0) is 28.6 Å². The first-order chi connectivity index (χ1) is 7.07. The Bertz CT molecular complexity index is 564. The van der Waals surface area contributed by atoms with Crippen LogP contribution in [-0.2, 0) is 10.1 Å². The van der Waals surface area contributed by atoms with E-state index >= 15 is 0 Å². The van der Waals surface area contributed by atoms with Gasteiger partial charge in [0.2, 0.25) is 0 Å². The Morgan fingerprint density at radius 3 is 2.73 bits per heavy atom. The molecule has 1 heterocycles. The standard InChI is InChI=1S/C7H6N4O3S/c12-15(13,14)7-3-1-2-6(4-7)11-5-8-9-10-11/h1-5H,(H,12,13,14)/p-1. The average Bonchev–Trinajstić information content (AvgIpc) is 2.69. The number of nitrogens with zero attached hydrogens (tertiary/aromatic N) is 4. The van der Waals surface area contributed by atoms with Crippen LogP contribution >= 0.6 is 0 Å². The van der Waals surface area contributed by atoms with Crippen LogP contribution in [0.5, 0.6) is 0 Å². The van der Waals surface area contributed by atoms with Crippen LogP contribution in [0.4, 0.5) is 0 Å². The number of rotatable bonds is 2. The highest BCUT2D eigenvalue weighted by Crippen LogP contribution is 2.12. The third kappa shape index (κ3) is 2.00. The summed E-state index contributed by atoms with van der Waals surface area (Å²) in [4.78, 5) is -0.310. The van der Waals surface area contributed by atoms with Crippen molar-refractivity contribution in [1.29, 1.82) is 0 Å². The maximum Gasteiger partial charge on any atom is 0.143 e. The van der Waals surface area contributed by atoms with E-state index < -0.39 is 10.1 Å². The first-order valence-electron chi connectivity index (χ1n) is 3.87. The van der Waals surface area contributed by atoms with Crippen molar-refractivity contribution in [2.75, 3.05) is 0 Å². The summed E-state index contributed by atoms with van der Waals surface area (Å²) in [6.45, 7) is 0. The maximum absolute atomic E-state index is 10.7. The molecule has 0 spiro atoms. The second-order valence-electron chi connectivity index (χ2n) is 2.71. The van der Waals surface area contributed by atoms with Crippen LogP contribution in [0.1, 0.15) is 0 Å². The van der Waals surface area contributed by atoms with Gasteiger partial charge in [-0.15, -0.1) is 5.10 Å². The van der Waals surface area contributed by atoms with Gasteiger partial charge in [0.15, 0.2) is 0 Å². The second-order valence-corrected chi connectivity index (χ2v) is 4.09. The molecular formula is C7H5N4O3S-. The van der Waals surface area contributed by atoms with Crippen molar-refractivity contribution >= 4 is 10.1 Å². The molecule has 0 amide bonds. The van der Waals surface area contributed by atoms with Crippen LogP contribution in [0.2, 0.25) is 0 Å². The fraction of sp³-hybridized carbons (Fsp3) is 0. The zero-order chi connectivity index (χ0) is 10.9. The largest absolute Gasteiger partial charge is 0.744 e. The van der Waals surface area contributed by atoms with Gasteiger partial charge in [-0.3, -0.25) is 0 Å².